The molecule has 0 unspecified atom stereocenters. The Hall–Kier alpha value is -2.97. The van der Waals surface area contributed by atoms with E-state index in [2.05, 4.69) is 10.3 Å². The van der Waals surface area contributed by atoms with Gasteiger partial charge in [0.2, 0.25) is 10.0 Å². The highest BCUT2D eigenvalue weighted by Crippen LogP contribution is 2.28. The highest BCUT2D eigenvalue weighted by molar-refractivity contribution is 7.89. The number of sulfonamides is 1. The van der Waals surface area contributed by atoms with Crippen molar-refractivity contribution in [1.29, 1.82) is 0 Å². The Morgan fingerprint density at radius 3 is 2.41 bits per heavy atom. The molecule has 0 saturated carbocycles. The van der Waals surface area contributed by atoms with Gasteiger partial charge in [0, 0.05) is 36.3 Å². The third kappa shape index (κ3) is 4.23. The lowest BCUT2D eigenvalue weighted by molar-refractivity contribution is 0.102. The summed E-state index contributed by atoms with van der Waals surface area (Å²) in [4.78, 5) is 17.2. The third-order valence-electron chi connectivity index (χ3n) is 4.62. The zero-order valence-electron chi connectivity index (χ0n) is 16.5. The Morgan fingerprint density at radius 2 is 1.79 bits per heavy atom. The summed E-state index contributed by atoms with van der Waals surface area (Å²) in [5.41, 5.74) is 1.50. The quantitative estimate of drug-likeness (QED) is 0.640. The predicted molar refractivity (Wildman–Crippen MR) is 113 cm³/mol. The lowest BCUT2D eigenvalue weighted by atomic mass is 10.1. The molecule has 1 aromatic heterocycles. The summed E-state index contributed by atoms with van der Waals surface area (Å²) in [5, 5.41) is 3.67. The lowest BCUT2D eigenvalue weighted by Gasteiger charge is -2.18. The van der Waals surface area contributed by atoms with Gasteiger partial charge in [-0.05, 0) is 36.4 Å². The molecule has 0 saturated heterocycles. The van der Waals surface area contributed by atoms with E-state index in [-0.39, 0.29) is 10.8 Å². The van der Waals surface area contributed by atoms with Crippen molar-refractivity contribution in [2.75, 3.05) is 25.5 Å². The molecule has 0 atom stereocenters. The van der Waals surface area contributed by atoms with Gasteiger partial charge in [0.1, 0.15) is 5.75 Å². The standard InChI is InChI=1S/C21H23N3O4S/c1-4-24(5-2)29(26,27)18-10-8-15(9-11-18)21(25)23-19-14-17(28-3)13-16-7-6-12-22-20(16)19/h6-14H,4-5H2,1-3H3,(H,23,25). The molecule has 0 aliphatic carbocycles. The first kappa shape index (κ1) is 20.8. The summed E-state index contributed by atoms with van der Waals surface area (Å²) in [6.07, 6.45) is 1.65. The van der Waals surface area contributed by atoms with Crippen molar-refractivity contribution in [1.82, 2.24) is 9.29 Å². The maximum atomic E-state index is 12.7. The molecule has 1 N–H and O–H groups in total. The van der Waals surface area contributed by atoms with E-state index in [1.165, 1.54) is 28.6 Å². The molecule has 152 valence electrons. The van der Waals surface area contributed by atoms with Crippen LogP contribution in [0.2, 0.25) is 0 Å². The van der Waals surface area contributed by atoms with Crippen molar-refractivity contribution in [3.8, 4) is 5.75 Å². The SMILES string of the molecule is CCN(CC)S(=O)(=O)c1ccc(C(=O)Nc2cc(OC)cc3cccnc23)cc1. The van der Waals surface area contributed by atoms with Crippen LogP contribution in [0, 0.1) is 0 Å². The van der Waals surface area contributed by atoms with Crippen LogP contribution in [0.5, 0.6) is 5.75 Å². The fourth-order valence-electron chi connectivity index (χ4n) is 3.06. The molecule has 0 radical (unpaired) electrons. The molecule has 1 heterocycles. The van der Waals surface area contributed by atoms with Gasteiger partial charge in [0.05, 0.1) is 23.2 Å². The van der Waals surface area contributed by atoms with Gasteiger partial charge >= 0.3 is 0 Å². The Labute approximate surface area is 170 Å². The molecule has 3 aromatic rings. The van der Waals surface area contributed by atoms with Crippen LogP contribution in [0.1, 0.15) is 24.2 Å². The maximum Gasteiger partial charge on any atom is 0.255 e. The molecule has 0 fully saturated rings. The molecular formula is C21H23N3O4S. The number of ether oxygens (including phenoxy) is 1. The van der Waals surface area contributed by atoms with Crippen LogP contribution in [0.25, 0.3) is 10.9 Å². The second kappa shape index (κ2) is 8.59. The van der Waals surface area contributed by atoms with Crippen LogP contribution in [-0.2, 0) is 10.0 Å². The molecule has 0 spiro atoms. The number of hydrogen-bond donors (Lipinski definition) is 1. The molecule has 0 aliphatic heterocycles. The van der Waals surface area contributed by atoms with Crippen LogP contribution < -0.4 is 10.1 Å². The Morgan fingerprint density at radius 1 is 1.10 bits per heavy atom. The number of hydrogen-bond acceptors (Lipinski definition) is 5. The van der Waals surface area contributed by atoms with Crippen molar-refractivity contribution < 1.29 is 17.9 Å². The monoisotopic (exact) mass is 413 g/mol. The number of rotatable bonds is 7. The number of carbonyl (C=O) groups excluding carboxylic acids is 1. The first-order valence-corrected chi connectivity index (χ1v) is 10.7. The molecule has 7 nitrogen and oxygen atoms in total. The van der Waals surface area contributed by atoms with E-state index < -0.39 is 10.0 Å². The van der Waals surface area contributed by atoms with E-state index in [1.54, 1.807) is 33.2 Å². The van der Waals surface area contributed by atoms with Gasteiger partial charge in [-0.1, -0.05) is 19.9 Å². The second-order valence-electron chi connectivity index (χ2n) is 6.32. The van der Waals surface area contributed by atoms with Crippen LogP contribution >= 0.6 is 0 Å². The summed E-state index contributed by atoms with van der Waals surface area (Å²) in [7, 11) is -2.01. The fourth-order valence-corrected chi connectivity index (χ4v) is 4.52. The minimum absolute atomic E-state index is 0.159. The molecular weight excluding hydrogens is 390 g/mol. The molecule has 3 rings (SSSR count). The number of anilines is 1. The molecule has 0 bridgehead atoms. The number of fused-ring (bicyclic) bond motifs is 1. The molecule has 0 aliphatic rings. The topological polar surface area (TPSA) is 88.6 Å². The van der Waals surface area contributed by atoms with Gasteiger partial charge in [-0.3, -0.25) is 9.78 Å². The minimum atomic E-state index is -3.57. The van der Waals surface area contributed by atoms with E-state index >= 15 is 0 Å². The zero-order valence-corrected chi connectivity index (χ0v) is 17.4. The van der Waals surface area contributed by atoms with Crippen molar-refractivity contribution in [3.63, 3.8) is 0 Å². The second-order valence-corrected chi connectivity index (χ2v) is 8.26. The average Bonchev–Trinajstić information content (AvgIpc) is 2.74. The van der Waals surface area contributed by atoms with E-state index in [1.807, 2.05) is 18.2 Å². The van der Waals surface area contributed by atoms with Crippen LogP contribution in [0.3, 0.4) is 0 Å². The number of carbonyl (C=O) groups is 1. The molecule has 29 heavy (non-hydrogen) atoms. The van der Waals surface area contributed by atoms with Gasteiger partial charge in [-0.2, -0.15) is 4.31 Å². The Kier molecular flexibility index (Phi) is 6.14. The van der Waals surface area contributed by atoms with E-state index in [0.29, 0.717) is 35.6 Å². The fraction of sp³-hybridized carbons (Fsp3) is 0.238. The third-order valence-corrected chi connectivity index (χ3v) is 6.69. The average molecular weight is 413 g/mol. The van der Waals surface area contributed by atoms with Crippen LogP contribution in [0.15, 0.2) is 59.6 Å². The van der Waals surface area contributed by atoms with Gasteiger partial charge in [-0.15, -0.1) is 0 Å². The molecule has 8 heteroatoms. The van der Waals surface area contributed by atoms with E-state index in [0.717, 1.165) is 5.39 Å². The minimum Gasteiger partial charge on any atom is -0.497 e. The lowest BCUT2D eigenvalue weighted by Crippen LogP contribution is -2.30. The van der Waals surface area contributed by atoms with E-state index in [9.17, 15) is 13.2 Å². The highest BCUT2D eigenvalue weighted by atomic mass is 32.2. The number of nitrogens with zero attached hydrogens (tertiary/aromatic N) is 2. The first-order chi connectivity index (χ1) is 13.9. The molecule has 2 aromatic carbocycles. The summed E-state index contributed by atoms with van der Waals surface area (Å²) in [6.45, 7) is 4.35. The first-order valence-electron chi connectivity index (χ1n) is 9.25. The van der Waals surface area contributed by atoms with Gasteiger partial charge < -0.3 is 10.1 Å². The summed E-state index contributed by atoms with van der Waals surface area (Å²) in [6, 6.07) is 13.1. The van der Waals surface area contributed by atoms with Crippen LogP contribution in [0.4, 0.5) is 5.69 Å². The number of pyridine rings is 1. The van der Waals surface area contributed by atoms with Crippen molar-refractivity contribution in [3.05, 3.63) is 60.3 Å². The van der Waals surface area contributed by atoms with Gasteiger partial charge in [0.15, 0.2) is 0 Å². The number of benzene rings is 2. The Balaban J connectivity index is 1.88. The number of nitrogens with one attached hydrogen (secondary N) is 1. The van der Waals surface area contributed by atoms with Gasteiger partial charge in [0.25, 0.3) is 5.91 Å². The number of methoxy groups -OCH3 is 1. The number of aromatic nitrogens is 1. The summed E-state index contributed by atoms with van der Waals surface area (Å²) in [5.74, 6) is 0.235. The summed E-state index contributed by atoms with van der Waals surface area (Å²) < 4.78 is 31.8. The van der Waals surface area contributed by atoms with Crippen LogP contribution in [-0.4, -0.2) is 43.8 Å². The summed E-state index contributed by atoms with van der Waals surface area (Å²) >= 11 is 0. The predicted octanol–water partition coefficient (Wildman–Crippen LogP) is 3.53. The van der Waals surface area contributed by atoms with Crippen molar-refractivity contribution in [2.45, 2.75) is 18.7 Å². The number of amides is 1. The highest BCUT2D eigenvalue weighted by Gasteiger charge is 2.21. The smallest absolute Gasteiger partial charge is 0.255 e. The van der Waals surface area contributed by atoms with Gasteiger partial charge in [-0.25, -0.2) is 8.42 Å². The van der Waals surface area contributed by atoms with Crippen molar-refractivity contribution in [2.24, 2.45) is 0 Å². The normalized spacial score (nSPS) is 11.6. The Bertz CT molecular complexity index is 1120. The largest absolute Gasteiger partial charge is 0.497 e. The van der Waals surface area contributed by atoms with E-state index in [4.69, 9.17) is 4.74 Å². The molecule has 1 amide bonds. The zero-order chi connectivity index (χ0) is 21.0. The van der Waals surface area contributed by atoms with Crippen molar-refractivity contribution >= 4 is 32.5 Å². The maximum absolute atomic E-state index is 12.7.